The summed E-state index contributed by atoms with van der Waals surface area (Å²) >= 11 is 0. The van der Waals surface area contributed by atoms with Crippen LogP contribution in [-0.2, 0) is 13.6 Å². The summed E-state index contributed by atoms with van der Waals surface area (Å²) in [5, 5.41) is 5.97. The zero-order valence-corrected chi connectivity index (χ0v) is 10.3. The molecule has 0 amide bonds. The van der Waals surface area contributed by atoms with E-state index >= 15 is 0 Å². The first-order valence-corrected chi connectivity index (χ1v) is 6.46. The highest BCUT2D eigenvalue weighted by Gasteiger charge is 2.23. The van der Waals surface area contributed by atoms with E-state index < -0.39 is 0 Å². The van der Waals surface area contributed by atoms with Gasteiger partial charge < -0.3 is 5.73 Å². The van der Waals surface area contributed by atoms with Gasteiger partial charge in [0.1, 0.15) is 0 Å². The van der Waals surface area contributed by atoms with Crippen molar-refractivity contribution in [2.45, 2.75) is 38.1 Å². The van der Waals surface area contributed by atoms with Crippen LogP contribution in [0.25, 0.3) is 10.9 Å². The lowest BCUT2D eigenvalue weighted by atomic mass is 9.99. The van der Waals surface area contributed by atoms with E-state index in [9.17, 15) is 0 Å². The third-order valence-electron chi connectivity index (χ3n) is 3.96. The third kappa shape index (κ3) is 1.65. The minimum absolute atomic E-state index is 0.568. The summed E-state index contributed by atoms with van der Waals surface area (Å²) in [6, 6.07) is 6.37. The van der Waals surface area contributed by atoms with Gasteiger partial charge in [0, 0.05) is 30.6 Å². The van der Waals surface area contributed by atoms with E-state index in [1.54, 1.807) is 0 Å². The number of nitrogens with zero attached hydrogens (tertiary/aromatic N) is 2. The number of fused-ring (bicyclic) bond motifs is 1. The Balaban J connectivity index is 2.20. The molecule has 2 N–H and O–H groups in total. The smallest absolute Gasteiger partial charge is 0.0971 e. The zero-order valence-electron chi connectivity index (χ0n) is 10.3. The van der Waals surface area contributed by atoms with Crippen molar-refractivity contribution in [3.8, 4) is 0 Å². The second-order valence-corrected chi connectivity index (χ2v) is 5.01. The summed E-state index contributed by atoms with van der Waals surface area (Å²) in [6.07, 6.45) is 5.32. The van der Waals surface area contributed by atoms with Crippen molar-refractivity contribution in [1.82, 2.24) is 9.78 Å². The Kier molecular flexibility index (Phi) is 2.63. The maximum atomic E-state index is 5.78. The van der Waals surface area contributed by atoms with Crippen LogP contribution >= 0.6 is 0 Å². The lowest BCUT2D eigenvalue weighted by Gasteiger charge is -2.10. The van der Waals surface area contributed by atoms with E-state index in [4.69, 9.17) is 5.73 Å². The monoisotopic (exact) mass is 229 g/mol. The Morgan fingerprint density at radius 3 is 2.82 bits per heavy atom. The maximum absolute atomic E-state index is 5.78. The van der Waals surface area contributed by atoms with Crippen LogP contribution in [0.5, 0.6) is 0 Å². The molecular formula is C14H19N3. The predicted octanol–water partition coefficient (Wildman–Crippen LogP) is 2.69. The molecule has 1 aliphatic rings. The number of aromatic nitrogens is 2. The molecule has 0 bridgehead atoms. The molecule has 2 aromatic rings. The van der Waals surface area contributed by atoms with Crippen molar-refractivity contribution in [3.63, 3.8) is 0 Å². The Morgan fingerprint density at radius 2 is 2.12 bits per heavy atom. The van der Waals surface area contributed by atoms with Gasteiger partial charge in [-0.05, 0) is 18.4 Å². The van der Waals surface area contributed by atoms with Gasteiger partial charge in [-0.1, -0.05) is 31.0 Å². The van der Waals surface area contributed by atoms with Gasteiger partial charge in [0.2, 0.25) is 0 Å². The predicted molar refractivity (Wildman–Crippen MR) is 69.8 cm³/mol. The first-order chi connectivity index (χ1) is 8.31. The van der Waals surface area contributed by atoms with Crippen LogP contribution in [-0.4, -0.2) is 9.78 Å². The second-order valence-electron chi connectivity index (χ2n) is 5.01. The average molecular weight is 229 g/mol. The van der Waals surface area contributed by atoms with Crippen molar-refractivity contribution < 1.29 is 0 Å². The number of rotatable bonds is 2. The molecule has 90 valence electrons. The average Bonchev–Trinajstić information content (AvgIpc) is 2.93. The molecule has 1 aliphatic carbocycles. The van der Waals surface area contributed by atoms with Gasteiger partial charge >= 0.3 is 0 Å². The highest BCUT2D eigenvalue weighted by molar-refractivity contribution is 5.85. The van der Waals surface area contributed by atoms with E-state index in [0.717, 1.165) is 11.1 Å². The molecule has 0 aliphatic heterocycles. The molecule has 0 unspecified atom stereocenters. The SMILES string of the molecule is Cn1nc2c(CN)cccc2c1C1CCCC1. The van der Waals surface area contributed by atoms with Gasteiger partial charge in [0.25, 0.3) is 0 Å². The number of aryl methyl sites for hydroxylation is 1. The van der Waals surface area contributed by atoms with Crippen LogP contribution in [0.1, 0.15) is 42.9 Å². The first-order valence-electron chi connectivity index (χ1n) is 6.46. The second kappa shape index (κ2) is 4.15. The Morgan fingerprint density at radius 1 is 1.35 bits per heavy atom. The molecular weight excluding hydrogens is 210 g/mol. The number of hydrogen-bond donors (Lipinski definition) is 1. The van der Waals surface area contributed by atoms with Crippen molar-refractivity contribution >= 4 is 10.9 Å². The molecule has 1 aromatic heterocycles. The highest BCUT2D eigenvalue weighted by Crippen LogP contribution is 2.37. The van der Waals surface area contributed by atoms with Crippen LogP contribution in [0.3, 0.4) is 0 Å². The van der Waals surface area contributed by atoms with Crippen LogP contribution in [0, 0.1) is 0 Å². The van der Waals surface area contributed by atoms with E-state index in [2.05, 4.69) is 35.0 Å². The standard InChI is InChI=1S/C14H19N3/c1-17-14(10-5-2-3-6-10)12-8-4-7-11(9-15)13(12)16-17/h4,7-8,10H,2-3,5-6,9,15H2,1H3. The zero-order chi connectivity index (χ0) is 11.8. The molecule has 0 atom stereocenters. The summed E-state index contributed by atoms with van der Waals surface area (Å²) in [6.45, 7) is 0.568. The molecule has 3 rings (SSSR count). The minimum atomic E-state index is 0.568. The van der Waals surface area contributed by atoms with Crippen molar-refractivity contribution in [1.29, 1.82) is 0 Å². The van der Waals surface area contributed by atoms with Gasteiger partial charge in [0.15, 0.2) is 0 Å². The fourth-order valence-electron chi connectivity index (χ4n) is 3.14. The fourth-order valence-corrected chi connectivity index (χ4v) is 3.14. The Hall–Kier alpha value is -1.35. The number of hydrogen-bond acceptors (Lipinski definition) is 2. The topological polar surface area (TPSA) is 43.8 Å². The summed E-state index contributed by atoms with van der Waals surface area (Å²) in [7, 11) is 2.06. The molecule has 1 saturated carbocycles. The maximum Gasteiger partial charge on any atom is 0.0971 e. The summed E-state index contributed by atoms with van der Waals surface area (Å²) in [5.74, 6) is 0.693. The van der Waals surface area contributed by atoms with Crippen molar-refractivity contribution in [2.24, 2.45) is 12.8 Å². The van der Waals surface area contributed by atoms with E-state index in [0.29, 0.717) is 12.5 Å². The third-order valence-corrected chi connectivity index (χ3v) is 3.96. The van der Waals surface area contributed by atoms with Gasteiger partial charge in [-0.15, -0.1) is 0 Å². The largest absolute Gasteiger partial charge is 0.326 e. The molecule has 0 radical (unpaired) electrons. The number of nitrogens with two attached hydrogens (primary N) is 1. The van der Waals surface area contributed by atoms with E-state index in [-0.39, 0.29) is 0 Å². The molecule has 3 heteroatoms. The molecule has 3 nitrogen and oxygen atoms in total. The van der Waals surface area contributed by atoms with Crippen LogP contribution in [0.15, 0.2) is 18.2 Å². The molecule has 17 heavy (non-hydrogen) atoms. The molecule has 0 saturated heterocycles. The number of benzene rings is 1. The van der Waals surface area contributed by atoms with Crippen molar-refractivity contribution in [3.05, 3.63) is 29.5 Å². The Bertz CT molecular complexity index is 536. The van der Waals surface area contributed by atoms with Crippen LogP contribution in [0.2, 0.25) is 0 Å². The highest BCUT2D eigenvalue weighted by atomic mass is 15.3. The molecule has 1 aromatic carbocycles. The first kappa shape index (κ1) is 10.8. The van der Waals surface area contributed by atoms with Gasteiger partial charge in [-0.2, -0.15) is 5.10 Å². The normalized spacial score (nSPS) is 17.1. The minimum Gasteiger partial charge on any atom is -0.326 e. The van der Waals surface area contributed by atoms with Gasteiger partial charge in [0.05, 0.1) is 5.52 Å². The summed E-state index contributed by atoms with van der Waals surface area (Å²) < 4.78 is 2.07. The van der Waals surface area contributed by atoms with E-state index in [1.165, 1.54) is 36.8 Å². The van der Waals surface area contributed by atoms with Crippen molar-refractivity contribution in [2.75, 3.05) is 0 Å². The van der Waals surface area contributed by atoms with Gasteiger partial charge in [-0.3, -0.25) is 4.68 Å². The Labute approximate surface area is 102 Å². The molecule has 1 heterocycles. The molecule has 1 fully saturated rings. The van der Waals surface area contributed by atoms with Crippen LogP contribution < -0.4 is 5.73 Å². The summed E-state index contributed by atoms with van der Waals surface area (Å²) in [4.78, 5) is 0. The lowest BCUT2D eigenvalue weighted by molar-refractivity contribution is 0.623. The molecule has 0 spiro atoms. The van der Waals surface area contributed by atoms with Gasteiger partial charge in [-0.25, -0.2) is 0 Å². The summed E-state index contributed by atoms with van der Waals surface area (Å²) in [5.41, 5.74) is 9.44. The van der Waals surface area contributed by atoms with E-state index in [1.807, 2.05) is 0 Å². The fraction of sp³-hybridized carbons (Fsp3) is 0.500. The quantitative estimate of drug-likeness (QED) is 0.860. The lowest BCUT2D eigenvalue weighted by Crippen LogP contribution is -2.02. The van der Waals surface area contributed by atoms with Crippen LogP contribution in [0.4, 0.5) is 0 Å².